The zero-order chi connectivity index (χ0) is 18.5. The van der Waals surface area contributed by atoms with Crippen molar-refractivity contribution < 1.29 is 14.8 Å². The summed E-state index contributed by atoms with van der Waals surface area (Å²) in [5, 5.41) is 19.7. The topological polar surface area (TPSA) is 63.4 Å². The van der Waals surface area contributed by atoms with Crippen molar-refractivity contribution in [3.63, 3.8) is 0 Å². The van der Waals surface area contributed by atoms with Crippen molar-refractivity contribution in [2.75, 3.05) is 14.2 Å². The molecule has 0 radical (unpaired) electrons. The van der Waals surface area contributed by atoms with Gasteiger partial charge in [-0.3, -0.25) is 0 Å². The maximum absolute atomic E-state index is 11.2. The Hall–Kier alpha value is -1.36. The molecule has 0 aromatic carbocycles. The average molecular weight is 360 g/mol. The van der Waals surface area contributed by atoms with Crippen LogP contribution in [0.15, 0.2) is 22.0 Å². The van der Waals surface area contributed by atoms with Crippen molar-refractivity contribution in [2.24, 2.45) is 38.9 Å². The maximum atomic E-state index is 11.2. The third kappa shape index (κ3) is 2.39. The maximum Gasteiger partial charge on any atom is 0.106 e. The van der Waals surface area contributed by atoms with Crippen molar-refractivity contribution in [3.05, 3.63) is 11.6 Å². The standard InChI is InChI=1S/C21H32N2O3/c1-20-10-9-14(22-25-3)11-13(20)5-6-15-16-7-8-18(23-26-4)21(16,2)19(24)12-17(15)20/h11,15-17,19,24H,5-10,12H2,1-4H3/b22-14-,23-18-/t15-,16-,17-,19+,20-,21-/m0/s1. The van der Waals surface area contributed by atoms with E-state index in [4.69, 9.17) is 9.68 Å². The Balaban J connectivity index is 1.68. The molecule has 4 aliphatic rings. The van der Waals surface area contributed by atoms with Gasteiger partial charge < -0.3 is 14.8 Å². The van der Waals surface area contributed by atoms with Crippen LogP contribution in [0.25, 0.3) is 0 Å². The van der Waals surface area contributed by atoms with Crippen LogP contribution in [0.1, 0.15) is 58.8 Å². The highest BCUT2D eigenvalue weighted by Crippen LogP contribution is 2.64. The molecular formula is C21H32N2O3. The van der Waals surface area contributed by atoms with Gasteiger partial charge in [-0.25, -0.2) is 0 Å². The lowest BCUT2D eigenvalue weighted by atomic mass is 9.46. The number of hydrogen-bond donors (Lipinski definition) is 1. The van der Waals surface area contributed by atoms with E-state index in [0.29, 0.717) is 17.8 Å². The lowest BCUT2D eigenvalue weighted by Crippen LogP contribution is -2.56. The lowest BCUT2D eigenvalue weighted by molar-refractivity contribution is -0.0925. The highest BCUT2D eigenvalue weighted by atomic mass is 16.6. The summed E-state index contributed by atoms with van der Waals surface area (Å²) in [6.07, 6.45) is 9.31. The van der Waals surface area contributed by atoms with Gasteiger partial charge in [0.15, 0.2) is 0 Å². The van der Waals surface area contributed by atoms with Crippen LogP contribution < -0.4 is 0 Å². The number of aliphatic hydroxyl groups is 1. The summed E-state index contributed by atoms with van der Waals surface area (Å²) in [6, 6.07) is 0. The fourth-order valence-corrected chi connectivity index (χ4v) is 6.78. The first kappa shape index (κ1) is 18.0. The van der Waals surface area contributed by atoms with Crippen LogP contribution in [-0.2, 0) is 9.68 Å². The predicted molar refractivity (Wildman–Crippen MR) is 102 cm³/mol. The van der Waals surface area contributed by atoms with Gasteiger partial charge in [-0.2, -0.15) is 0 Å². The molecule has 5 nitrogen and oxygen atoms in total. The molecule has 0 aliphatic heterocycles. The van der Waals surface area contributed by atoms with Crippen molar-refractivity contribution in [1.82, 2.24) is 0 Å². The SMILES string of the molecule is CO/N=C1\C=C2CC[C@H]3[C@@H]4CC/C(=N/OC)[C@@]4(C)[C@H](O)C[C@@H]3[C@@]2(C)CC1. The molecule has 0 bridgehead atoms. The Morgan fingerprint density at radius 3 is 2.54 bits per heavy atom. The average Bonchev–Trinajstić information content (AvgIpc) is 2.95. The summed E-state index contributed by atoms with van der Waals surface area (Å²) in [7, 11) is 3.23. The summed E-state index contributed by atoms with van der Waals surface area (Å²) in [4.78, 5) is 10.1. The van der Waals surface area contributed by atoms with E-state index in [2.05, 4.69) is 30.2 Å². The van der Waals surface area contributed by atoms with E-state index in [1.54, 1.807) is 14.2 Å². The molecule has 6 atom stereocenters. The van der Waals surface area contributed by atoms with Gasteiger partial charge in [-0.1, -0.05) is 29.7 Å². The van der Waals surface area contributed by atoms with Gasteiger partial charge in [0.05, 0.1) is 17.5 Å². The van der Waals surface area contributed by atoms with Crippen molar-refractivity contribution in [3.8, 4) is 0 Å². The number of fused-ring (bicyclic) bond motifs is 5. The molecule has 0 spiro atoms. The van der Waals surface area contributed by atoms with Crippen LogP contribution in [0.4, 0.5) is 0 Å². The summed E-state index contributed by atoms with van der Waals surface area (Å²) >= 11 is 0. The number of rotatable bonds is 2. The minimum atomic E-state index is -0.338. The minimum absolute atomic E-state index is 0.180. The van der Waals surface area contributed by atoms with Gasteiger partial charge in [0.2, 0.25) is 0 Å². The van der Waals surface area contributed by atoms with E-state index < -0.39 is 0 Å². The first-order valence-corrected chi connectivity index (χ1v) is 10.0. The monoisotopic (exact) mass is 360 g/mol. The molecule has 1 N–H and O–H groups in total. The molecule has 4 aliphatic carbocycles. The fraction of sp³-hybridized carbons (Fsp3) is 0.810. The summed E-state index contributed by atoms with van der Waals surface area (Å²) < 4.78 is 0. The third-order valence-corrected chi connectivity index (χ3v) is 8.24. The fourth-order valence-electron chi connectivity index (χ4n) is 6.78. The number of aliphatic hydroxyl groups excluding tert-OH is 1. The third-order valence-electron chi connectivity index (χ3n) is 8.24. The van der Waals surface area contributed by atoms with Gasteiger partial charge in [0.1, 0.15) is 14.2 Å². The molecule has 0 aromatic heterocycles. The second-order valence-electron chi connectivity index (χ2n) is 9.06. The van der Waals surface area contributed by atoms with Crippen LogP contribution >= 0.6 is 0 Å². The Kier molecular flexibility index (Phi) is 4.41. The molecule has 4 rings (SSSR count). The van der Waals surface area contributed by atoms with Gasteiger partial charge in [-0.05, 0) is 74.2 Å². The van der Waals surface area contributed by atoms with E-state index in [-0.39, 0.29) is 16.9 Å². The number of hydrogen-bond acceptors (Lipinski definition) is 5. The Labute approximate surface area is 156 Å². The Morgan fingerprint density at radius 2 is 1.81 bits per heavy atom. The minimum Gasteiger partial charge on any atom is -0.399 e. The molecule has 26 heavy (non-hydrogen) atoms. The molecule has 144 valence electrons. The van der Waals surface area contributed by atoms with E-state index >= 15 is 0 Å². The molecule has 3 saturated carbocycles. The molecule has 0 saturated heterocycles. The zero-order valence-corrected chi connectivity index (χ0v) is 16.5. The molecule has 5 heteroatoms. The van der Waals surface area contributed by atoms with E-state index in [0.717, 1.165) is 49.9 Å². The first-order valence-electron chi connectivity index (χ1n) is 10.0. The van der Waals surface area contributed by atoms with Crippen molar-refractivity contribution in [2.45, 2.75) is 64.9 Å². The molecule has 0 aromatic rings. The molecule has 0 amide bonds. The van der Waals surface area contributed by atoms with Crippen molar-refractivity contribution >= 4 is 11.4 Å². The Bertz CT molecular complexity index is 670. The Morgan fingerprint density at radius 1 is 1.04 bits per heavy atom. The van der Waals surface area contributed by atoms with E-state index in [9.17, 15) is 5.11 Å². The predicted octanol–water partition coefficient (Wildman–Crippen LogP) is 3.92. The zero-order valence-electron chi connectivity index (χ0n) is 16.5. The van der Waals surface area contributed by atoms with Crippen LogP contribution in [0, 0.1) is 28.6 Å². The second-order valence-corrected chi connectivity index (χ2v) is 9.06. The lowest BCUT2D eigenvalue weighted by Gasteiger charge is -2.58. The molecule has 0 unspecified atom stereocenters. The normalized spacial score (nSPS) is 47.8. The van der Waals surface area contributed by atoms with E-state index in [1.165, 1.54) is 12.0 Å². The summed E-state index contributed by atoms with van der Waals surface area (Å²) in [5.41, 5.74) is 3.61. The smallest absolute Gasteiger partial charge is 0.106 e. The molecular weight excluding hydrogens is 328 g/mol. The summed E-state index contributed by atoms with van der Waals surface area (Å²) in [5.74, 6) is 1.72. The molecule has 3 fully saturated rings. The highest BCUT2D eigenvalue weighted by Gasteiger charge is 2.61. The van der Waals surface area contributed by atoms with Gasteiger partial charge in [-0.15, -0.1) is 0 Å². The van der Waals surface area contributed by atoms with Gasteiger partial charge in [0, 0.05) is 5.41 Å². The second kappa shape index (κ2) is 6.36. The van der Waals surface area contributed by atoms with Crippen LogP contribution in [0.5, 0.6) is 0 Å². The van der Waals surface area contributed by atoms with Gasteiger partial charge in [0.25, 0.3) is 0 Å². The van der Waals surface area contributed by atoms with E-state index in [1.807, 2.05) is 0 Å². The van der Waals surface area contributed by atoms with Crippen molar-refractivity contribution in [1.29, 1.82) is 0 Å². The number of allylic oxidation sites excluding steroid dienone is 2. The highest BCUT2D eigenvalue weighted by molar-refractivity contribution is 5.96. The van der Waals surface area contributed by atoms with Crippen LogP contribution in [-0.4, -0.2) is 36.9 Å². The number of oxime groups is 2. The van der Waals surface area contributed by atoms with Gasteiger partial charge >= 0.3 is 0 Å². The largest absolute Gasteiger partial charge is 0.399 e. The molecule has 0 heterocycles. The number of nitrogens with zero attached hydrogens (tertiary/aromatic N) is 2. The first-order chi connectivity index (χ1) is 12.4. The van der Waals surface area contributed by atoms with Crippen LogP contribution in [0.2, 0.25) is 0 Å². The summed E-state index contributed by atoms with van der Waals surface area (Å²) in [6.45, 7) is 4.65. The van der Waals surface area contributed by atoms with Crippen LogP contribution in [0.3, 0.4) is 0 Å². The quantitative estimate of drug-likeness (QED) is 0.759.